The van der Waals surface area contributed by atoms with Crippen LogP contribution in [0.3, 0.4) is 0 Å². The highest BCUT2D eigenvalue weighted by Crippen LogP contribution is 2.37. The van der Waals surface area contributed by atoms with E-state index in [0.717, 1.165) is 19.2 Å². The maximum atomic E-state index is 11.8. The number of benzene rings is 1. The molecule has 0 saturated carbocycles. The summed E-state index contributed by atoms with van der Waals surface area (Å²) in [6.45, 7) is 3.66. The van der Waals surface area contributed by atoms with Crippen LogP contribution in [0.4, 0.5) is 17.1 Å². The van der Waals surface area contributed by atoms with E-state index in [0.29, 0.717) is 12.8 Å². The van der Waals surface area contributed by atoms with Crippen LogP contribution in [0.25, 0.3) is 0 Å². The van der Waals surface area contributed by atoms with Crippen molar-refractivity contribution in [2.24, 2.45) is 0 Å². The minimum Gasteiger partial charge on any atom is -0.371 e. The molecule has 0 aliphatic heterocycles. The Labute approximate surface area is 133 Å². The highest BCUT2D eigenvalue weighted by molar-refractivity contribution is 7.89. The van der Waals surface area contributed by atoms with Gasteiger partial charge in [-0.25, -0.2) is 13.1 Å². The van der Waals surface area contributed by atoms with Gasteiger partial charge in [-0.05, 0) is 19.9 Å². The van der Waals surface area contributed by atoms with Crippen molar-refractivity contribution in [1.82, 2.24) is 4.72 Å². The quantitative estimate of drug-likeness (QED) is 0.541. The monoisotopic (exact) mass is 346 g/mol. The molecule has 128 valence electrons. The number of nitrogens with zero attached hydrogens (tertiary/aromatic N) is 2. The van der Waals surface area contributed by atoms with Crippen molar-refractivity contribution in [2.75, 3.05) is 12.4 Å². The molecule has 1 rings (SSSR count). The number of sulfonamides is 1. The zero-order chi connectivity index (χ0) is 17.8. The molecule has 0 unspecified atom stereocenters. The van der Waals surface area contributed by atoms with Gasteiger partial charge in [-0.2, -0.15) is 0 Å². The normalized spacial score (nSPS) is 11.5. The molecule has 0 fully saturated rings. The molecule has 0 bridgehead atoms. The maximum Gasteiger partial charge on any atom is 0.300 e. The van der Waals surface area contributed by atoms with E-state index in [9.17, 15) is 28.6 Å². The third kappa shape index (κ3) is 4.13. The second-order valence-corrected chi connectivity index (χ2v) is 6.60. The summed E-state index contributed by atoms with van der Waals surface area (Å²) in [6, 6.07) is 1.41. The first-order valence-electron chi connectivity index (χ1n) is 6.84. The van der Waals surface area contributed by atoms with Crippen molar-refractivity contribution in [3.8, 4) is 0 Å². The van der Waals surface area contributed by atoms with Crippen molar-refractivity contribution in [3.63, 3.8) is 0 Å². The molecular formula is C12H18N4O6S. The predicted molar refractivity (Wildman–Crippen MR) is 84.0 cm³/mol. The number of rotatable bonds is 8. The van der Waals surface area contributed by atoms with Gasteiger partial charge in [0.1, 0.15) is 0 Å². The van der Waals surface area contributed by atoms with Crippen LogP contribution in [-0.4, -0.2) is 31.4 Å². The van der Waals surface area contributed by atoms with Gasteiger partial charge in [0.2, 0.25) is 10.0 Å². The Morgan fingerprint density at radius 1 is 1.09 bits per heavy atom. The van der Waals surface area contributed by atoms with Gasteiger partial charge in [0.15, 0.2) is 5.69 Å². The van der Waals surface area contributed by atoms with Gasteiger partial charge in [-0.1, -0.05) is 13.8 Å². The summed E-state index contributed by atoms with van der Waals surface area (Å²) < 4.78 is 25.6. The Morgan fingerprint density at radius 3 is 1.83 bits per heavy atom. The fourth-order valence-electron chi connectivity index (χ4n) is 1.99. The van der Waals surface area contributed by atoms with Crippen molar-refractivity contribution >= 4 is 27.1 Å². The summed E-state index contributed by atoms with van der Waals surface area (Å²) in [5.74, 6) is 0. The fraction of sp³-hybridized carbons (Fsp3) is 0.500. The van der Waals surface area contributed by atoms with Crippen molar-refractivity contribution < 1.29 is 18.3 Å². The maximum absolute atomic E-state index is 11.8. The summed E-state index contributed by atoms with van der Waals surface area (Å²) in [7, 11) is -2.94. The van der Waals surface area contributed by atoms with Gasteiger partial charge in [0.05, 0.1) is 14.7 Å². The first-order valence-corrected chi connectivity index (χ1v) is 8.33. The van der Waals surface area contributed by atoms with E-state index in [2.05, 4.69) is 5.32 Å². The topological polar surface area (TPSA) is 144 Å². The van der Waals surface area contributed by atoms with E-state index in [1.165, 1.54) is 0 Å². The van der Waals surface area contributed by atoms with E-state index in [1.54, 1.807) is 0 Å². The minimum absolute atomic E-state index is 0.209. The third-order valence-electron chi connectivity index (χ3n) is 3.38. The molecule has 10 nitrogen and oxygen atoms in total. The smallest absolute Gasteiger partial charge is 0.300 e. The average Bonchev–Trinajstić information content (AvgIpc) is 2.51. The molecule has 0 aliphatic rings. The Kier molecular flexibility index (Phi) is 5.98. The molecule has 0 saturated heterocycles. The lowest BCUT2D eigenvalue weighted by molar-refractivity contribution is -0.392. The molecule has 0 aliphatic carbocycles. The first-order chi connectivity index (χ1) is 10.7. The summed E-state index contributed by atoms with van der Waals surface area (Å²) >= 11 is 0. The summed E-state index contributed by atoms with van der Waals surface area (Å²) in [5.41, 5.74) is -1.59. The molecule has 0 atom stereocenters. The SMILES string of the molecule is CCC(CC)Nc1c([N+](=O)[O-])cc(S(=O)(=O)NC)cc1[N+](=O)[O-]. The molecule has 0 spiro atoms. The Hall–Kier alpha value is -2.27. The molecule has 0 heterocycles. The van der Waals surface area contributed by atoms with Crippen LogP contribution in [-0.2, 0) is 10.0 Å². The fourth-order valence-corrected chi connectivity index (χ4v) is 2.76. The number of hydrogen-bond acceptors (Lipinski definition) is 7. The van der Waals surface area contributed by atoms with Gasteiger partial charge >= 0.3 is 11.4 Å². The molecule has 1 aromatic rings. The van der Waals surface area contributed by atoms with E-state index in [1.807, 2.05) is 18.6 Å². The second-order valence-electron chi connectivity index (χ2n) is 4.72. The number of hydrogen-bond donors (Lipinski definition) is 2. The van der Waals surface area contributed by atoms with Crippen LogP contribution >= 0.6 is 0 Å². The van der Waals surface area contributed by atoms with E-state index < -0.39 is 36.1 Å². The summed E-state index contributed by atoms with van der Waals surface area (Å²) in [5, 5.41) is 25.3. The van der Waals surface area contributed by atoms with Crippen LogP contribution in [0.5, 0.6) is 0 Å². The van der Waals surface area contributed by atoms with E-state index in [4.69, 9.17) is 0 Å². The van der Waals surface area contributed by atoms with Crippen LogP contribution in [0, 0.1) is 20.2 Å². The largest absolute Gasteiger partial charge is 0.371 e. The lowest BCUT2D eigenvalue weighted by atomic mass is 10.1. The lowest BCUT2D eigenvalue weighted by Crippen LogP contribution is -2.21. The Bertz CT molecular complexity index is 679. The Balaban J connectivity index is 3.66. The van der Waals surface area contributed by atoms with Gasteiger partial charge in [-0.3, -0.25) is 20.2 Å². The second kappa shape index (κ2) is 7.33. The molecule has 0 aromatic heterocycles. The van der Waals surface area contributed by atoms with Crippen LogP contribution in [0.15, 0.2) is 17.0 Å². The number of nitro groups is 2. The Morgan fingerprint density at radius 2 is 1.52 bits per heavy atom. The molecule has 0 radical (unpaired) electrons. The van der Waals surface area contributed by atoms with Crippen molar-refractivity contribution in [2.45, 2.75) is 37.6 Å². The molecular weight excluding hydrogens is 328 g/mol. The molecule has 11 heteroatoms. The first kappa shape index (κ1) is 18.8. The molecule has 23 heavy (non-hydrogen) atoms. The summed E-state index contributed by atoms with van der Waals surface area (Å²) in [6.07, 6.45) is 1.20. The third-order valence-corrected chi connectivity index (χ3v) is 4.77. The number of anilines is 1. The van der Waals surface area contributed by atoms with E-state index >= 15 is 0 Å². The predicted octanol–water partition coefficient (Wildman–Crippen LogP) is 2.01. The van der Waals surface area contributed by atoms with Gasteiger partial charge in [0, 0.05) is 18.2 Å². The zero-order valence-electron chi connectivity index (χ0n) is 12.9. The summed E-state index contributed by atoms with van der Waals surface area (Å²) in [4.78, 5) is 20.3. The van der Waals surface area contributed by atoms with Crippen molar-refractivity contribution in [3.05, 3.63) is 32.4 Å². The van der Waals surface area contributed by atoms with E-state index in [-0.39, 0.29) is 11.7 Å². The van der Waals surface area contributed by atoms with Crippen molar-refractivity contribution in [1.29, 1.82) is 0 Å². The van der Waals surface area contributed by atoms with Gasteiger partial charge in [0.25, 0.3) is 0 Å². The number of nitro benzene ring substituents is 2. The minimum atomic E-state index is -4.05. The number of nitrogens with one attached hydrogen (secondary N) is 2. The molecule has 2 N–H and O–H groups in total. The highest BCUT2D eigenvalue weighted by atomic mass is 32.2. The standard InChI is InChI=1S/C12H18N4O6S/c1-4-8(5-2)14-12-10(15(17)18)6-9(23(21,22)13-3)7-11(12)16(19)20/h6-8,13-14H,4-5H2,1-3H3. The van der Waals surface area contributed by atoms with Gasteiger partial charge < -0.3 is 5.32 Å². The lowest BCUT2D eigenvalue weighted by Gasteiger charge is -2.16. The van der Waals surface area contributed by atoms with Crippen LogP contribution < -0.4 is 10.0 Å². The molecule has 0 amide bonds. The average molecular weight is 346 g/mol. The van der Waals surface area contributed by atoms with Crippen LogP contribution in [0.1, 0.15) is 26.7 Å². The molecule has 1 aromatic carbocycles. The highest BCUT2D eigenvalue weighted by Gasteiger charge is 2.31. The van der Waals surface area contributed by atoms with Crippen LogP contribution in [0.2, 0.25) is 0 Å². The van der Waals surface area contributed by atoms with Gasteiger partial charge in [-0.15, -0.1) is 0 Å². The zero-order valence-corrected chi connectivity index (χ0v) is 13.7.